The Morgan fingerprint density at radius 1 is 1.16 bits per heavy atom. The molecule has 0 amide bonds. The molecule has 1 aromatic heterocycles. The first-order valence-corrected chi connectivity index (χ1v) is 8.88. The molecule has 0 saturated heterocycles. The second-order valence-corrected chi connectivity index (χ2v) is 6.60. The van der Waals surface area contributed by atoms with Gasteiger partial charge in [0.2, 0.25) is 0 Å². The van der Waals surface area contributed by atoms with Gasteiger partial charge in [0, 0.05) is 36.0 Å². The van der Waals surface area contributed by atoms with Crippen LogP contribution in [-0.4, -0.2) is 31.2 Å². The Bertz CT molecular complexity index is 699. The van der Waals surface area contributed by atoms with Crippen LogP contribution in [0.25, 0.3) is 11.1 Å². The van der Waals surface area contributed by atoms with Gasteiger partial charge in [-0.05, 0) is 56.5 Å². The predicted molar refractivity (Wildman–Crippen MR) is 98.1 cm³/mol. The number of pyridine rings is 1. The minimum absolute atomic E-state index is 0.308. The molecular formula is C20H26FN3O. The van der Waals surface area contributed by atoms with Crippen molar-refractivity contribution in [3.8, 4) is 16.9 Å². The molecule has 0 atom stereocenters. The Balaban J connectivity index is 1.72. The van der Waals surface area contributed by atoms with Crippen molar-refractivity contribution in [1.29, 1.82) is 0 Å². The molecule has 134 valence electrons. The summed E-state index contributed by atoms with van der Waals surface area (Å²) >= 11 is 0. The van der Waals surface area contributed by atoms with Crippen LogP contribution in [0.1, 0.15) is 31.2 Å². The minimum atomic E-state index is -0.308. The van der Waals surface area contributed by atoms with E-state index in [4.69, 9.17) is 4.74 Å². The Morgan fingerprint density at radius 2 is 1.92 bits per heavy atom. The normalized spacial score (nSPS) is 20.4. The summed E-state index contributed by atoms with van der Waals surface area (Å²) in [6.45, 7) is 0.721. The first-order valence-electron chi connectivity index (χ1n) is 8.88. The summed E-state index contributed by atoms with van der Waals surface area (Å²) in [6, 6.07) is 8.67. The van der Waals surface area contributed by atoms with Crippen molar-refractivity contribution < 1.29 is 9.13 Å². The van der Waals surface area contributed by atoms with E-state index in [-0.39, 0.29) is 5.82 Å². The fourth-order valence-electron chi connectivity index (χ4n) is 3.53. The van der Waals surface area contributed by atoms with Crippen LogP contribution in [0, 0.1) is 5.82 Å². The Morgan fingerprint density at radius 3 is 2.60 bits per heavy atom. The topological polar surface area (TPSA) is 46.2 Å². The fourth-order valence-corrected chi connectivity index (χ4v) is 3.53. The van der Waals surface area contributed by atoms with Gasteiger partial charge in [0.05, 0.1) is 13.3 Å². The second kappa shape index (κ2) is 8.41. The van der Waals surface area contributed by atoms with Crippen molar-refractivity contribution in [1.82, 2.24) is 15.6 Å². The highest BCUT2D eigenvalue weighted by molar-refractivity contribution is 5.65. The molecule has 1 aliphatic carbocycles. The molecule has 25 heavy (non-hydrogen) atoms. The summed E-state index contributed by atoms with van der Waals surface area (Å²) in [5.41, 5.74) is 2.46. The van der Waals surface area contributed by atoms with Crippen LogP contribution in [-0.2, 0) is 6.54 Å². The van der Waals surface area contributed by atoms with Crippen LogP contribution in [0.15, 0.2) is 36.7 Å². The number of methoxy groups -OCH3 is 1. The Kier molecular flexibility index (Phi) is 6.00. The van der Waals surface area contributed by atoms with Gasteiger partial charge in [-0.1, -0.05) is 6.07 Å². The third-order valence-corrected chi connectivity index (χ3v) is 5.08. The number of nitrogens with zero attached hydrogens (tertiary/aromatic N) is 1. The third kappa shape index (κ3) is 4.35. The molecule has 3 rings (SSSR count). The smallest absolute Gasteiger partial charge is 0.149 e. The lowest BCUT2D eigenvalue weighted by molar-refractivity contribution is 0.315. The van der Waals surface area contributed by atoms with E-state index in [0.29, 0.717) is 17.6 Å². The van der Waals surface area contributed by atoms with Crippen LogP contribution >= 0.6 is 0 Å². The van der Waals surface area contributed by atoms with Crippen LogP contribution in [0.4, 0.5) is 4.39 Å². The van der Waals surface area contributed by atoms with E-state index in [1.165, 1.54) is 31.9 Å². The van der Waals surface area contributed by atoms with Crippen molar-refractivity contribution in [3.63, 3.8) is 0 Å². The summed E-state index contributed by atoms with van der Waals surface area (Å²) in [5.74, 6) is 0.520. The number of aromatic nitrogens is 1. The van der Waals surface area contributed by atoms with Gasteiger partial charge < -0.3 is 15.4 Å². The maximum absolute atomic E-state index is 14.0. The summed E-state index contributed by atoms with van der Waals surface area (Å²) in [7, 11) is 3.71. The van der Waals surface area contributed by atoms with Gasteiger partial charge in [0.1, 0.15) is 11.6 Å². The highest BCUT2D eigenvalue weighted by Crippen LogP contribution is 2.28. The maximum atomic E-state index is 14.0. The van der Waals surface area contributed by atoms with Gasteiger partial charge in [-0.3, -0.25) is 4.98 Å². The van der Waals surface area contributed by atoms with Crippen molar-refractivity contribution in [3.05, 3.63) is 48.0 Å². The lowest BCUT2D eigenvalue weighted by Crippen LogP contribution is -2.38. The lowest BCUT2D eigenvalue weighted by atomic mass is 9.91. The number of hydrogen-bond donors (Lipinski definition) is 2. The fraction of sp³-hybridized carbons (Fsp3) is 0.450. The van der Waals surface area contributed by atoms with Gasteiger partial charge in [0.15, 0.2) is 0 Å². The van der Waals surface area contributed by atoms with E-state index in [2.05, 4.69) is 15.6 Å². The van der Waals surface area contributed by atoms with Crippen LogP contribution < -0.4 is 15.4 Å². The van der Waals surface area contributed by atoms with Crippen LogP contribution in [0.5, 0.6) is 5.75 Å². The van der Waals surface area contributed by atoms with Gasteiger partial charge in [-0.15, -0.1) is 0 Å². The summed E-state index contributed by atoms with van der Waals surface area (Å²) < 4.78 is 19.5. The quantitative estimate of drug-likeness (QED) is 0.842. The zero-order chi connectivity index (χ0) is 17.6. The molecule has 2 aromatic rings. The molecule has 0 aliphatic heterocycles. The molecule has 0 unspecified atom stereocenters. The second-order valence-electron chi connectivity index (χ2n) is 6.60. The van der Waals surface area contributed by atoms with E-state index in [1.807, 2.05) is 25.2 Å². The number of rotatable bonds is 6. The largest absolute Gasteiger partial charge is 0.496 e. The molecule has 0 bridgehead atoms. The van der Waals surface area contributed by atoms with Crippen molar-refractivity contribution >= 4 is 0 Å². The van der Waals surface area contributed by atoms with E-state index in [9.17, 15) is 4.39 Å². The molecular weight excluding hydrogens is 317 g/mol. The zero-order valence-corrected chi connectivity index (χ0v) is 14.9. The average Bonchev–Trinajstić information content (AvgIpc) is 2.67. The third-order valence-electron chi connectivity index (χ3n) is 5.08. The average molecular weight is 343 g/mol. The Hall–Kier alpha value is -1.98. The highest BCUT2D eigenvalue weighted by atomic mass is 19.1. The van der Waals surface area contributed by atoms with Crippen LogP contribution in [0.3, 0.4) is 0 Å². The molecule has 1 fully saturated rings. The van der Waals surface area contributed by atoms with Gasteiger partial charge >= 0.3 is 0 Å². The predicted octanol–water partition coefficient (Wildman–Crippen LogP) is 3.52. The first-order chi connectivity index (χ1) is 12.2. The molecule has 1 heterocycles. The van der Waals surface area contributed by atoms with Gasteiger partial charge in [0.25, 0.3) is 0 Å². The summed E-state index contributed by atoms with van der Waals surface area (Å²) in [6.07, 6.45) is 7.61. The number of ether oxygens (including phenoxy) is 1. The molecule has 4 nitrogen and oxygen atoms in total. The monoisotopic (exact) mass is 343 g/mol. The van der Waals surface area contributed by atoms with Crippen molar-refractivity contribution in [2.24, 2.45) is 0 Å². The highest BCUT2D eigenvalue weighted by Gasteiger charge is 2.20. The van der Waals surface area contributed by atoms with Crippen LogP contribution in [0.2, 0.25) is 0 Å². The molecule has 1 saturated carbocycles. The van der Waals surface area contributed by atoms with E-state index >= 15 is 0 Å². The van der Waals surface area contributed by atoms with Crippen molar-refractivity contribution in [2.75, 3.05) is 14.2 Å². The first kappa shape index (κ1) is 17.8. The SMILES string of the molecule is CNC1CCC(NCc2cc(-c3ccncc3F)ccc2OC)CC1. The summed E-state index contributed by atoms with van der Waals surface area (Å²) in [5, 5.41) is 7.00. The van der Waals surface area contributed by atoms with Gasteiger partial charge in [-0.25, -0.2) is 4.39 Å². The molecule has 1 aliphatic rings. The zero-order valence-electron chi connectivity index (χ0n) is 14.9. The molecule has 0 radical (unpaired) electrons. The molecule has 1 aromatic carbocycles. The van der Waals surface area contributed by atoms with Crippen molar-refractivity contribution in [2.45, 2.75) is 44.3 Å². The standard InChI is InChI=1S/C20H26FN3O/c1-22-16-4-6-17(7-5-16)24-12-15-11-14(3-8-20(15)25-2)18-9-10-23-13-19(18)21/h3,8-11,13,16-17,22,24H,4-7,12H2,1-2H3. The number of nitrogens with one attached hydrogen (secondary N) is 2. The maximum Gasteiger partial charge on any atom is 0.149 e. The lowest BCUT2D eigenvalue weighted by Gasteiger charge is -2.29. The van der Waals surface area contributed by atoms with E-state index < -0.39 is 0 Å². The van der Waals surface area contributed by atoms with E-state index in [0.717, 1.165) is 23.4 Å². The number of halogens is 1. The summed E-state index contributed by atoms with van der Waals surface area (Å²) in [4.78, 5) is 3.82. The van der Waals surface area contributed by atoms with Gasteiger partial charge in [-0.2, -0.15) is 0 Å². The molecule has 2 N–H and O–H groups in total. The number of benzene rings is 1. The molecule has 0 spiro atoms. The minimum Gasteiger partial charge on any atom is -0.496 e. The number of hydrogen-bond acceptors (Lipinski definition) is 4. The molecule has 5 heteroatoms. The Labute approximate surface area is 148 Å². The van der Waals surface area contributed by atoms with E-state index in [1.54, 1.807) is 19.4 Å².